The Morgan fingerprint density at radius 3 is 2.35 bits per heavy atom. The molecule has 0 aliphatic heterocycles. The predicted molar refractivity (Wildman–Crippen MR) is 105 cm³/mol. The van der Waals surface area contributed by atoms with Crippen molar-refractivity contribution in [1.29, 1.82) is 0 Å². The molecule has 0 bridgehead atoms. The maximum absolute atomic E-state index is 12.7. The molecule has 3 rings (SSSR count). The SMILES string of the molecule is COc1cc(C)cc2cc(-c3cc(C)c(OCCN)c(C)c3)[nH]c(=O)c12. The van der Waals surface area contributed by atoms with E-state index in [0.29, 0.717) is 24.3 Å². The van der Waals surface area contributed by atoms with Crippen molar-refractivity contribution in [2.75, 3.05) is 20.3 Å². The number of aryl methyl sites for hydroxylation is 3. The summed E-state index contributed by atoms with van der Waals surface area (Å²) in [5.74, 6) is 1.44. The minimum absolute atomic E-state index is 0.159. The van der Waals surface area contributed by atoms with Crippen molar-refractivity contribution in [3.8, 4) is 22.8 Å². The molecule has 0 saturated carbocycles. The fourth-order valence-electron chi connectivity index (χ4n) is 3.32. The van der Waals surface area contributed by atoms with Crippen molar-refractivity contribution in [3.05, 3.63) is 57.4 Å². The van der Waals surface area contributed by atoms with Gasteiger partial charge in [-0.15, -0.1) is 0 Å². The summed E-state index contributed by atoms with van der Waals surface area (Å²) in [5, 5.41) is 1.43. The van der Waals surface area contributed by atoms with Crippen LogP contribution in [0.25, 0.3) is 22.0 Å². The lowest BCUT2D eigenvalue weighted by atomic mass is 10.0. The lowest BCUT2D eigenvalue weighted by Gasteiger charge is -2.14. The summed E-state index contributed by atoms with van der Waals surface area (Å²) < 4.78 is 11.1. The number of aromatic nitrogens is 1. The van der Waals surface area contributed by atoms with Gasteiger partial charge < -0.3 is 20.2 Å². The summed E-state index contributed by atoms with van der Waals surface area (Å²) in [6.07, 6.45) is 0. The summed E-state index contributed by atoms with van der Waals surface area (Å²) in [6.45, 7) is 6.93. The standard InChI is InChI=1S/C21H24N2O3/c1-12-7-16-11-17(23-21(24)19(16)18(8-12)25-4)15-9-13(2)20(14(3)10-15)26-6-5-22/h7-11H,5-6,22H2,1-4H3,(H,23,24). The normalized spacial score (nSPS) is 11.0. The average molecular weight is 352 g/mol. The van der Waals surface area contributed by atoms with Gasteiger partial charge in [-0.1, -0.05) is 6.07 Å². The molecule has 0 aliphatic carbocycles. The van der Waals surface area contributed by atoms with E-state index in [1.54, 1.807) is 7.11 Å². The summed E-state index contributed by atoms with van der Waals surface area (Å²) in [6, 6.07) is 9.89. The molecule has 0 aliphatic rings. The molecule has 0 amide bonds. The molecule has 2 aromatic carbocycles. The van der Waals surface area contributed by atoms with Crippen LogP contribution in [0.5, 0.6) is 11.5 Å². The van der Waals surface area contributed by atoms with Crippen LogP contribution in [0.2, 0.25) is 0 Å². The maximum Gasteiger partial charge on any atom is 0.260 e. The monoisotopic (exact) mass is 352 g/mol. The quantitative estimate of drug-likeness (QED) is 0.737. The Hall–Kier alpha value is -2.79. The molecular weight excluding hydrogens is 328 g/mol. The third-order valence-electron chi connectivity index (χ3n) is 4.41. The third-order valence-corrected chi connectivity index (χ3v) is 4.41. The second kappa shape index (κ2) is 7.22. The van der Waals surface area contributed by atoms with Gasteiger partial charge in [0.25, 0.3) is 5.56 Å². The van der Waals surface area contributed by atoms with Crippen LogP contribution in [0, 0.1) is 20.8 Å². The average Bonchev–Trinajstić information content (AvgIpc) is 2.59. The zero-order chi connectivity index (χ0) is 18.8. The van der Waals surface area contributed by atoms with E-state index in [2.05, 4.69) is 4.98 Å². The summed E-state index contributed by atoms with van der Waals surface area (Å²) in [5.41, 5.74) is 10.1. The predicted octanol–water partition coefficient (Wildman–Crippen LogP) is 3.47. The van der Waals surface area contributed by atoms with Gasteiger partial charge in [0.15, 0.2) is 0 Å². The van der Waals surface area contributed by atoms with Crippen LogP contribution in [-0.4, -0.2) is 25.2 Å². The molecule has 1 heterocycles. The molecule has 5 nitrogen and oxygen atoms in total. The number of ether oxygens (including phenoxy) is 2. The molecule has 26 heavy (non-hydrogen) atoms. The minimum atomic E-state index is -0.159. The summed E-state index contributed by atoms with van der Waals surface area (Å²) in [4.78, 5) is 15.6. The Morgan fingerprint density at radius 2 is 1.73 bits per heavy atom. The fraction of sp³-hybridized carbons (Fsp3) is 0.286. The molecule has 136 valence electrons. The van der Waals surface area contributed by atoms with Gasteiger partial charge in [-0.05, 0) is 72.7 Å². The van der Waals surface area contributed by atoms with Gasteiger partial charge in [-0.2, -0.15) is 0 Å². The van der Waals surface area contributed by atoms with E-state index < -0.39 is 0 Å². The van der Waals surface area contributed by atoms with Crippen LogP contribution >= 0.6 is 0 Å². The summed E-state index contributed by atoms with van der Waals surface area (Å²) >= 11 is 0. The highest BCUT2D eigenvalue weighted by molar-refractivity contribution is 5.90. The van der Waals surface area contributed by atoms with Gasteiger partial charge in [-0.3, -0.25) is 4.79 Å². The van der Waals surface area contributed by atoms with E-state index in [4.69, 9.17) is 15.2 Å². The molecule has 0 unspecified atom stereocenters. The van der Waals surface area contributed by atoms with Crippen LogP contribution in [0.15, 0.2) is 35.1 Å². The molecule has 3 N–H and O–H groups in total. The highest BCUT2D eigenvalue weighted by atomic mass is 16.5. The van der Waals surface area contributed by atoms with E-state index in [1.807, 2.05) is 51.1 Å². The van der Waals surface area contributed by atoms with Crippen molar-refractivity contribution in [2.24, 2.45) is 5.73 Å². The van der Waals surface area contributed by atoms with Crippen LogP contribution in [0.1, 0.15) is 16.7 Å². The molecule has 0 saturated heterocycles. The number of fused-ring (bicyclic) bond motifs is 1. The van der Waals surface area contributed by atoms with E-state index in [9.17, 15) is 4.79 Å². The Morgan fingerprint density at radius 1 is 1.04 bits per heavy atom. The third kappa shape index (κ3) is 3.30. The Bertz CT molecular complexity index is 999. The first-order valence-electron chi connectivity index (χ1n) is 8.60. The Kier molecular flexibility index (Phi) is 5.00. The molecule has 0 atom stereocenters. The smallest absolute Gasteiger partial charge is 0.260 e. The molecule has 0 fully saturated rings. The summed E-state index contributed by atoms with van der Waals surface area (Å²) in [7, 11) is 1.58. The van der Waals surface area contributed by atoms with Crippen molar-refractivity contribution >= 4 is 10.8 Å². The van der Waals surface area contributed by atoms with Gasteiger partial charge in [0.1, 0.15) is 18.1 Å². The molecule has 1 aromatic heterocycles. The van der Waals surface area contributed by atoms with Crippen LogP contribution in [0.3, 0.4) is 0 Å². The van der Waals surface area contributed by atoms with Gasteiger partial charge >= 0.3 is 0 Å². The molecular formula is C21H24N2O3. The molecule has 3 aromatic rings. The lowest BCUT2D eigenvalue weighted by molar-refractivity contribution is 0.324. The van der Waals surface area contributed by atoms with Crippen molar-refractivity contribution in [2.45, 2.75) is 20.8 Å². The minimum Gasteiger partial charge on any atom is -0.496 e. The van der Waals surface area contributed by atoms with Crippen LogP contribution < -0.4 is 20.8 Å². The number of H-pyrrole nitrogens is 1. The van der Waals surface area contributed by atoms with Gasteiger partial charge in [0, 0.05) is 12.2 Å². The number of methoxy groups -OCH3 is 1. The van der Waals surface area contributed by atoms with Gasteiger partial charge in [0.2, 0.25) is 0 Å². The van der Waals surface area contributed by atoms with Crippen molar-refractivity contribution in [3.63, 3.8) is 0 Å². The van der Waals surface area contributed by atoms with Crippen molar-refractivity contribution in [1.82, 2.24) is 4.98 Å². The van der Waals surface area contributed by atoms with E-state index in [0.717, 1.165) is 39.1 Å². The number of hydrogen-bond acceptors (Lipinski definition) is 4. The topological polar surface area (TPSA) is 77.3 Å². The fourth-order valence-corrected chi connectivity index (χ4v) is 3.32. The first-order valence-corrected chi connectivity index (χ1v) is 8.60. The second-order valence-corrected chi connectivity index (χ2v) is 6.52. The number of rotatable bonds is 5. The zero-order valence-electron chi connectivity index (χ0n) is 15.6. The van der Waals surface area contributed by atoms with Gasteiger partial charge in [-0.25, -0.2) is 0 Å². The van der Waals surface area contributed by atoms with Crippen molar-refractivity contribution < 1.29 is 9.47 Å². The first-order chi connectivity index (χ1) is 12.4. The van der Waals surface area contributed by atoms with E-state index >= 15 is 0 Å². The highest BCUT2D eigenvalue weighted by Crippen LogP contribution is 2.31. The second-order valence-electron chi connectivity index (χ2n) is 6.52. The Labute approximate surface area is 152 Å². The highest BCUT2D eigenvalue weighted by Gasteiger charge is 2.12. The van der Waals surface area contributed by atoms with E-state index in [-0.39, 0.29) is 5.56 Å². The zero-order valence-corrected chi connectivity index (χ0v) is 15.6. The van der Waals surface area contributed by atoms with Crippen LogP contribution in [-0.2, 0) is 0 Å². The Balaban J connectivity index is 2.16. The van der Waals surface area contributed by atoms with Gasteiger partial charge in [0.05, 0.1) is 12.5 Å². The number of nitrogens with two attached hydrogens (primary N) is 1. The number of aromatic amines is 1. The maximum atomic E-state index is 12.7. The number of nitrogens with one attached hydrogen (secondary N) is 1. The van der Waals surface area contributed by atoms with Crippen LogP contribution in [0.4, 0.5) is 0 Å². The largest absolute Gasteiger partial charge is 0.496 e. The lowest BCUT2D eigenvalue weighted by Crippen LogP contribution is -2.12. The van der Waals surface area contributed by atoms with E-state index in [1.165, 1.54) is 0 Å². The first kappa shape index (κ1) is 18.0. The molecule has 0 spiro atoms. The number of pyridine rings is 1. The molecule has 5 heteroatoms. The number of benzene rings is 2. The number of hydrogen-bond donors (Lipinski definition) is 2. The molecule has 0 radical (unpaired) electrons.